The topological polar surface area (TPSA) is 52.4 Å². The van der Waals surface area contributed by atoms with Crippen molar-refractivity contribution in [1.82, 2.24) is 0 Å². The van der Waals surface area contributed by atoms with E-state index < -0.39 is 4.92 Å². The summed E-state index contributed by atoms with van der Waals surface area (Å²) >= 11 is 5.68. The first-order valence-electron chi connectivity index (χ1n) is 3.78. The van der Waals surface area contributed by atoms with E-state index in [1.165, 1.54) is 12.1 Å². The van der Waals surface area contributed by atoms with Gasteiger partial charge in [0.25, 0.3) is 5.69 Å². The second-order valence-electron chi connectivity index (χ2n) is 2.77. The number of halogens is 1. The molecule has 0 saturated heterocycles. The van der Waals surface area contributed by atoms with E-state index in [0.717, 1.165) is 5.56 Å². The third-order valence-corrected chi connectivity index (χ3v) is 2.26. The van der Waals surface area contributed by atoms with E-state index in [9.17, 15) is 10.1 Å². The van der Waals surface area contributed by atoms with Crippen LogP contribution in [0.4, 0.5) is 5.69 Å². The van der Waals surface area contributed by atoms with Gasteiger partial charge in [-0.3, -0.25) is 10.1 Å². The maximum Gasteiger partial charge on any atom is 0.288 e. The molecule has 1 aromatic rings. The Balaban J connectivity index is 2.55. The minimum absolute atomic E-state index is 0.0501. The molecule has 0 spiro atoms. The molecule has 1 aliphatic rings. The number of nitro benzene ring substituents is 1. The smallest absolute Gasteiger partial charge is 0.288 e. The summed E-state index contributed by atoms with van der Waals surface area (Å²) in [5, 5.41) is 10.6. The summed E-state index contributed by atoms with van der Waals surface area (Å²) in [7, 11) is 0. The maximum atomic E-state index is 10.5. The fourth-order valence-corrected chi connectivity index (χ4v) is 1.55. The van der Waals surface area contributed by atoms with Crippen molar-refractivity contribution in [3.05, 3.63) is 32.8 Å². The highest BCUT2D eigenvalue weighted by molar-refractivity contribution is 6.32. The number of nitrogens with zero attached hydrogens (tertiary/aromatic N) is 1. The molecule has 1 heterocycles. The molecule has 2 rings (SSSR count). The molecule has 0 saturated carbocycles. The first-order valence-corrected chi connectivity index (χ1v) is 4.16. The molecule has 0 N–H and O–H groups in total. The van der Waals surface area contributed by atoms with E-state index in [4.69, 9.17) is 16.3 Å². The molecule has 0 aromatic heterocycles. The zero-order chi connectivity index (χ0) is 9.42. The van der Waals surface area contributed by atoms with E-state index in [1.54, 1.807) is 0 Å². The first kappa shape index (κ1) is 8.31. The van der Waals surface area contributed by atoms with Gasteiger partial charge in [0.15, 0.2) is 0 Å². The van der Waals surface area contributed by atoms with Crippen molar-refractivity contribution < 1.29 is 9.66 Å². The van der Waals surface area contributed by atoms with E-state index in [2.05, 4.69) is 0 Å². The van der Waals surface area contributed by atoms with Gasteiger partial charge in [0.05, 0.1) is 11.5 Å². The Kier molecular flexibility index (Phi) is 1.84. The lowest BCUT2D eigenvalue weighted by atomic mass is 10.1. The van der Waals surface area contributed by atoms with Crippen LogP contribution in [0.3, 0.4) is 0 Å². The Morgan fingerprint density at radius 2 is 2.31 bits per heavy atom. The summed E-state index contributed by atoms with van der Waals surface area (Å²) in [4.78, 5) is 10.0. The van der Waals surface area contributed by atoms with Crippen LogP contribution in [0.15, 0.2) is 12.1 Å². The summed E-state index contributed by atoms with van der Waals surface area (Å²) in [6.45, 7) is 0.576. The fourth-order valence-electron chi connectivity index (χ4n) is 1.33. The quantitative estimate of drug-likeness (QED) is 0.515. The molecule has 0 bridgehead atoms. The number of ether oxygens (including phenoxy) is 1. The van der Waals surface area contributed by atoms with Crippen LogP contribution in [0, 0.1) is 10.1 Å². The molecule has 0 amide bonds. The lowest BCUT2D eigenvalue weighted by Gasteiger charge is -1.99. The number of hydrogen-bond acceptors (Lipinski definition) is 3. The number of fused-ring (bicyclic) bond motifs is 1. The highest BCUT2D eigenvalue weighted by Gasteiger charge is 2.20. The molecule has 1 aromatic carbocycles. The van der Waals surface area contributed by atoms with Gasteiger partial charge < -0.3 is 4.74 Å². The van der Waals surface area contributed by atoms with E-state index in [0.29, 0.717) is 18.8 Å². The zero-order valence-corrected chi connectivity index (χ0v) is 7.37. The molecule has 0 radical (unpaired) electrons. The summed E-state index contributed by atoms with van der Waals surface area (Å²) in [5.74, 6) is 0.663. The third-order valence-electron chi connectivity index (χ3n) is 1.96. The van der Waals surface area contributed by atoms with Gasteiger partial charge in [-0.15, -0.1) is 0 Å². The summed E-state index contributed by atoms with van der Waals surface area (Å²) < 4.78 is 5.21. The van der Waals surface area contributed by atoms with Crippen molar-refractivity contribution in [2.45, 2.75) is 6.42 Å². The molecule has 5 heteroatoms. The van der Waals surface area contributed by atoms with Crippen LogP contribution in [-0.4, -0.2) is 11.5 Å². The first-order chi connectivity index (χ1) is 6.18. The third kappa shape index (κ3) is 1.33. The average Bonchev–Trinajstić information content (AvgIpc) is 2.48. The predicted molar refractivity (Wildman–Crippen MR) is 47.3 cm³/mol. The van der Waals surface area contributed by atoms with Crippen molar-refractivity contribution in [1.29, 1.82) is 0 Å². The van der Waals surface area contributed by atoms with Gasteiger partial charge in [-0.25, -0.2) is 0 Å². The van der Waals surface area contributed by atoms with E-state index in [1.807, 2.05) is 0 Å². The van der Waals surface area contributed by atoms with Crippen LogP contribution in [0.5, 0.6) is 5.75 Å². The molecule has 13 heavy (non-hydrogen) atoms. The molecule has 0 fully saturated rings. The highest BCUT2D eigenvalue weighted by Crippen LogP contribution is 2.35. The number of benzene rings is 1. The second-order valence-corrected chi connectivity index (χ2v) is 3.17. The van der Waals surface area contributed by atoms with Crippen LogP contribution in [0.1, 0.15) is 5.56 Å². The minimum Gasteiger partial charge on any atom is -0.493 e. The van der Waals surface area contributed by atoms with Gasteiger partial charge in [-0.2, -0.15) is 0 Å². The molecular formula is C8H6ClNO3. The van der Waals surface area contributed by atoms with Crippen LogP contribution in [0.2, 0.25) is 5.02 Å². The van der Waals surface area contributed by atoms with Gasteiger partial charge in [0.2, 0.25) is 0 Å². The normalized spacial score (nSPS) is 13.6. The van der Waals surface area contributed by atoms with Crippen molar-refractivity contribution >= 4 is 17.3 Å². The average molecular weight is 200 g/mol. The Hall–Kier alpha value is -1.29. The minimum atomic E-state index is -0.485. The molecule has 68 valence electrons. The standard InChI is InChI=1S/C8H6ClNO3/c9-6-4-8-5(1-2-13-8)3-7(6)10(11)12/h3-4H,1-2H2. The fraction of sp³-hybridized carbons (Fsp3) is 0.250. The number of hydrogen-bond donors (Lipinski definition) is 0. The van der Waals surface area contributed by atoms with Crippen molar-refractivity contribution in [2.75, 3.05) is 6.61 Å². The van der Waals surface area contributed by atoms with Crippen LogP contribution in [-0.2, 0) is 6.42 Å². The van der Waals surface area contributed by atoms with Crippen LogP contribution >= 0.6 is 11.6 Å². The lowest BCUT2D eigenvalue weighted by molar-refractivity contribution is -0.384. The van der Waals surface area contributed by atoms with E-state index >= 15 is 0 Å². The van der Waals surface area contributed by atoms with Crippen LogP contribution in [0.25, 0.3) is 0 Å². The van der Waals surface area contributed by atoms with Gasteiger partial charge in [-0.05, 0) is 0 Å². The van der Waals surface area contributed by atoms with Crippen molar-refractivity contribution in [3.8, 4) is 5.75 Å². The molecule has 4 nitrogen and oxygen atoms in total. The largest absolute Gasteiger partial charge is 0.493 e. The lowest BCUT2D eigenvalue weighted by Crippen LogP contribution is -1.90. The van der Waals surface area contributed by atoms with Crippen molar-refractivity contribution in [3.63, 3.8) is 0 Å². The van der Waals surface area contributed by atoms with Gasteiger partial charge >= 0.3 is 0 Å². The maximum absolute atomic E-state index is 10.5. The van der Waals surface area contributed by atoms with E-state index in [-0.39, 0.29) is 10.7 Å². The van der Waals surface area contributed by atoms with Gasteiger partial charge in [0, 0.05) is 24.1 Å². The highest BCUT2D eigenvalue weighted by atomic mass is 35.5. The monoisotopic (exact) mass is 199 g/mol. The predicted octanol–water partition coefficient (Wildman–Crippen LogP) is 2.18. The summed E-state index contributed by atoms with van der Waals surface area (Å²) in [5.41, 5.74) is 0.807. The molecular weight excluding hydrogens is 194 g/mol. The molecule has 0 aliphatic carbocycles. The summed E-state index contributed by atoms with van der Waals surface area (Å²) in [6.07, 6.45) is 0.716. The van der Waals surface area contributed by atoms with Crippen molar-refractivity contribution in [2.24, 2.45) is 0 Å². The second kappa shape index (κ2) is 2.88. The molecule has 1 aliphatic heterocycles. The Morgan fingerprint density at radius 3 is 3.00 bits per heavy atom. The van der Waals surface area contributed by atoms with Gasteiger partial charge in [-0.1, -0.05) is 11.6 Å². The number of nitro groups is 1. The Bertz CT molecular complexity index is 378. The summed E-state index contributed by atoms with van der Waals surface area (Å²) in [6, 6.07) is 2.98. The zero-order valence-electron chi connectivity index (χ0n) is 6.62. The SMILES string of the molecule is O=[N+]([O-])c1cc2c(cc1Cl)OCC2. The Labute approximate surface area is 79.2 Å². The van der Waals surface area contributed by atoms with Gasteiger partial charge in [0.1, 0.15) is 10.8 Å². The molecule has 0 atom stereocenters. The Morgan fingerprint density at radius 1 is 1.54 bits per heavy atom. The van der Waals surface area contributed by atoms with Crippen LogP contribution < -0.4 is 4.74 Å². The number of rotatable bonds is 1. The molecule has 0 unspecified atom stereocenters.